The second kappa shape index (κ2) is 25.3. The van der Waals surface area contributed by atoms with E-state index >= 15 is 0 Å². The predicted octanol–water partition coefficient (Wildman–Crippen LogP) is 7.92. The number of fused-ring (bicyclic) bond motifs is 5. The van der Waals surface area contributed by atoms with E-state index in [9.17, 15) is 39.9 Å². The van der Waals surface area contributed by atoms with Crippen molar-refractivity contribution in [2.75, 3.05) is 52.3 Å². The number of ether oxygens (including phenoxy) is 5. The number of aliphatic hydroxyl groups is 3. The first kappa shape index (κ1) is 62.8. The lowest BCUT2D eigenvalue weighted by atomic mass is 9.73. The molecule has 4 saturated heterocycles. The van der Waals surface area contributed by atoms with E-state index in [2.05, 4.69) is 51.6 Å². The van der Waals surface area contributed by atoms with Gasteiger partial charge in [0.1, 0.15) is 39.7 Å². The van der Waals surface area contributed by atoms with Crippen molar-refractivity contribution in [3.8, 4) is 23.0 Å². The molecule has 6 N–H and O–H groups in total. The van der Waals surface area contributed by atoms with Gasteiger partial charge in [-0.1, -0.05) is 65.8 Å². The van der Waals surface area contributed by atoms with Crippen LogP contribution in [0.2, 0.25) is 0 Å². The highest BCUT2D eigenvalue weighted by Gasteiger charge is 2.51. The maximum atomic E-state index is 14.7. The molecule has 1 unspecified atom stereocenters. The highest BCUT2D eigenvalue weighted by atomic mass is 16.7. The van der Waals surface area contributed by atoms with Crippen LogP contribution in [0.1, 0.15) is 116 Å². The summed E-state index contributed by atoms with van der Waals surface area (Å²) in [5.41, 5.74) is 1.73. The van der Waals surface area contributed by atoms with Gasteiger partial charge in [-0.25, -0.2) is 4.99 Å². The van der Waals surface area contributed by atoms with Crippen LogP contribution in [-0.2, 0) is 23.8 Å². The Morgan fingerprint density at radius 2 is 1.69 bits per heavy atom. The highest BCUT2D eigenvalue weighted by molar-refractivity contribution is 6.21. The van der Waals surface area contributed by atoms with Gasteiger partial charge in [-0.3, -0.25) is 29.3 Å². The van der Waals surface area contributed by atoms with Crippen molar-refractivity contribution in [1.82, 2.24) is 14.8 Å². The molecule has 4 fully saturated rings. The molecule has 8 heterocycles. The number of Topliss-reactive ketones (excluding diaryl/α,β-unsaturated/α-hetero) is 1. The van der Waals surface area contributed by atoms with E-state index in [0.717, 1.165) is 61.4 Å². The summed E-state index contributed by atoms with van der Waals surface area (Å²) in [4.78, 5) is 59.7. The number of esters is 1. The number of rotatable bonds is 8. The van der Waals surface area contributed by atoms with Crippen molar-refractivity contribution in [2.24, 2.45) is 51.4 Å². The van der Waals surface area contributed by atoms with Gasteiger partial charge in [0.2, 0.25) is 0 Å². The number of carbonyl (C=O) groups is 3. The SMILES string of the molecule is C=C[C@H]1CN2CC[C@H]1C[C@H]2[C@H](O)c1ccnc2ccc(OC)cc12.CO[C@H]1/C=C/O[C@@]2(C)Oc3c(C)c(O)c4c(O)c(c5c(c4c3C2=O)NC2(CCN(CC(C)C)CC2)N=5)=NC(=O)/C(C)=C\C=C\[C@H](C)[C@H](O)[C@@H](C)[C@@H](O)[C@@H](C)[C@H](OC(C)=O)[C@@H]1C. The average Bonchev–Trinajstić information content (AvgIpc) is 1.61. The van der Waals surface area contributed by atoms with Crippen LogP contribution in [0.25, 0.3) is 21.7 Å². The van der Waals surface area contributed by atoms with E-state index in [4.69, 9.17) is 28.7 Å². The van der Waals surface area contributed by atoms with Crippen molar-refractivity contribution in [3.05, 3.63) is 107 Å². The van der Waals surface area contributed by atoms with Gasteiger partial charge in [-0.15, -0.1) is 6.58 Å². The summed E-state index contributed by atoms with van der Waals surface area (Å²) in [5.74, 6) is -4.56. The number of methoxy groups -OCH3 is 2. The second-order valence-corrected chi connectivity index (χ2v) is 25.0. The van der Waals surface area contributed by atoms with Gasteiger partial charge in [0.25, 0.3) is 11.7 Å². The first-order valence-corrected chi connectivity index (χ1v) is 29.9. The molecule has 11 rings (SSSR count). The Kier molecular flexibility index (Phi) is 18.7. The smallest absolute Gasteiger partial charge is 0.312 e. The van der Waals surface area contributed by atoms with Gasteiger partial charge in [0, 0.05) is 118 Å². The maximum absolute atomic E-state index is 14.7. The number of benzene rings is 3. The lowest BCUT2D eigenvalue weighted by Crippen LogP contribution is -2.54. The summed E-state index contributed by atoms with van der Waals surface area (Å²) >= 11 is 0. The molecule has 19 nitrogen and oxygen atoms in total. The number of pyridine rings is 1. The van der Waals surface area contributed by atoms with E-state index in [1.54, 1.807) is 79.2 Å². The standard InChI is InChI=1S/C46H62N4O11.C20H24N2O2/c1-22(2)21-50-18-16-46(17-19-50)48-34-31-32-39(54)28(8)42-33(31)43(56)45(10,61-42)59-20-15-30(58-11)25(5)41(60-29(9)51)27(7)38(53)26(6)37(52)23(3)13-12-14-24(4)44(57)47-36(40(32)55)35(34)49-46;1-3-13-12-22-9-7-14(13)10-19(22)20(23)16-6-8-21-18-5-4-15(24-2)11-17(16)18/h12-15,20,22-23,25-27,30,37-38,41,48,52-55H,16-19,21H2,1-11H3;3-6,8,11,13-14,19-20,23H,1,7,9-10,12H2,2H3/b13-12+,20-15+,24-14-,47-36?;/t23-,25+,26+,27+,30-,37-,38+,41+,45-;13-,14-,19-,20+/m00/s1. The number of allylic oxidation sites excluding steroid dienone is 2. The van der Waals surface area contributed by atoms with Crippen LogP contribution in [0.5, 0.6) is 23.0 Å². The van der Waals surface area contributed by atoms with Crippen molar-refractivity contribution in [2.45, 2.75) is 143 Å². The number of phenolic OH excluding ortho intramolecular Hbond substituents is 2. The van der Waals surface area contributed by atoms with Crippen LogP contribution in [0.4, 0.5) is 5.69 Å². The van der Waals surface area contributed by atoms with Crippen molar-refractivity contribution < 1.29 is 63.6 Å². The number of amides is 1. The van der Waals surface area contributed by atoms with Crippen molar-refractivity contribution in [3.63, 3.8) is 0 Å². The number of nitrogens with one attached hydrogen (secondary N) is 1. The topological polar surface area (TPSA) is 255 Å². The van der Waals surface area contributed by atoms with Gasteiger partial charge < -0.3 is 59.4 Å². The number of carbonyl (C=O) groups excluding carboxylic acids is 3. The quantitative estimate of drug-likeness (QED) is 0.0556. The molecule has 0 saturated carbocycles. The molecular formula is C66H86N6O13. The molecule has 4 aromatic rings. The molecular weight excluding hydrogens is 1080 g/mol. The maximum Gasteiger partial charge on any atom is 0.312 e. The minimum Gasteiger partial charge on any atom is -0.507 e. The predicted molar refractivity (Wildman–Crippen MR) is 323 cm³/mol. The number of aromatic nitrogens is 1. The van der Waals surface area contributed by atoms with Gasteiger partial charge >= 0.3 is 11.8 Å². The zero-order valence-corrected chi connectivity index (χ0v) is 51.2. The molecule has 85 heavy (non-hydrogen) atoms. The summed E-state index contributed by atoms with van der Waals surface area (Å²) < 4.78 is 29.3. The van der Waals surface area contributed by atoms with Crippen LogP contribution in [0.15, 0.2) is 89.2 Å². The van der Waals surface area contributed by atoms with Gasteiger partial charge in [-0.05, 0) is 86.9 Å². The largest absolute Gasteiger partial charge is 0.507 e. The summed E-state index contributed by atoms with van der Waals surface area (Å²) in [6.45, 7) is 25.6. The Bertz CT molecular complexity index is 3450. The molecule has 7 aliphatic rings. The molecule has 1 amide bonds. The molecule has 6 bridgehead atoms. The molecule has 458 valence electrons. The Morgan fingerprint density at radius 1 is 0.965 bits per heavy atom. The number of anilines is 1. The molecule has 19 heteroatoms. The fraction of sp³-hybridized carbons (Fsp3) is 0.545. The zero-order valence-electron chi connectivity index (χ0n) is 51.2. The fourth-order valence-corrected chi connectivity index (χ4v) is 13.7. The third-order valence-corrected chi connectivity index (χ3v) is 18.7. The van der Waals surface area contributed by atoms with E-state index in [0.29, 0.717) is 36.3 Å². The summed E-state index contributed by atoms with van der Waals surface area (Å²) in [7, 11) is 3.13. The van der Waals surface area contributed by atoms with E-state index < -0.39 is 89.1 Å². The molecule has 0 aliphatic carbocycles. The zero-order chi connectivity index (χ0) is 61.6. The summed E-state index contributed by atoms with van der Waals surface area (Å²) in [5, 5.41) is 62.7. The third kappa shape index (κ3) is 12.2. The van der Waals surface area contributed by atoms with E-state index in [1.165, 1.54) is 33.6 Å². The van der Waals surface area contributed by atoms with Crippen LogP contribution < -0.4 is 25.5 Å². The minimum atomic E-state index is -1.95. The van der Waals surface area contributed by atoms with Gasteiger partial charge in [-0.2, -0.15) is 0 Å². The molecule has 14 atom stereocenters. The Balaban J connectivity index is 0.000000297. The van der Waals surface area contributed by atoms with Crippen LogP contribution in [0.3, 0.4) is 0 Å². The number of hydrogen-bond donors (Lipinski definition) is 6. The van der Waals surface area contributed by atoms with Crippen molar-refractivity contribution >= 4 is 45.0 Å². The van der Waals surface area contributed by atoms with Crippen molar-refractivity contribution in [1.29, 1.82) is 0 Å². The minimum absolute atomic E-state index is 0.0538. The van der Waals surface area contributed by atoms with Gasteiger partial charge in [0.15, 0.2) is 5.75 Å². The van der Waals surface area contributed by atoms with Gasteiger partial charge in [0.05, 0.1) is 59.9 Å². The number of piperidine rings is 4. The highest BCUT2D eigenvalue weighted by Crippen LogP contribution is 2.52. The summed E-state index contributed by atoms with van der Waals surface area (Å²) in [6, 6.07) is 7.96. The summed E-state index contributed by atoms with van der Waals surface area (Å²) in [6.07, 6.45) is 10.7. The number of phenols is 2. The molecule has 3 aromatic carbocycles. The third-order valence-electron chi connectivity index (χ3n) is 18.7. The molecule has 7 aliphatic heterocycles. The number of ketones is 1. The van der Waals surface area contributed by atoms with E-state index in [1.807, 2.05) is 24.3 Å². The molecule has 1 aromatic heterocycles. The molecule has 0 radical (unpaired) electrons. The second-order valence-electron chi connectivity index (χ2n) is 25.0. The first-order chi connectivity index (χ1) is 40.4. The average molecular weight is 1170 g/mol. The normalized spacial score (nSPS) is 32.0. The van der Waals surface area contributed by atoms with Crippen LogP contribution in [0, 0.1) is 48.3 Å². The fourth-order valence-electron chi connectivity index (χ4n) is 13.7. The lowest BCUT2D eigenvalue weighted by molar-refractivity contribution is -0.160. The Morgan fingerprint density at radius 3 is 2.34 bits per heavy atom. The number of nitrogens with zero attached hydrogens (tertiary/aromatic N) is 5. The Labute approximate surface area is 497 Å². The number of likely N-dealkylation sites (tertiary alicyclic amines) is 1. The van der Waals surface area contributed by atoms with E-state index in [-0.39, 0.29) is 55.7 Å². The lowest BCUT2D eigenvalue weighted by Gasteiger charge is -2.50. The Hall–Kier alpha value is -6.74. The van der Waals surface area contributed by atoms with Crippen LogP contribution >= 0.6 is 0 Å². The number of aromatic hydroxyl groups is 2. The number of hydrogen-bond acceptors (Lipinski definition) is 18. The van der Waals surface area contributed by atoms with Crippen LogP contribution in [-0.4, -0.2) is 147 Å². The number of aliphatic hydroxyl groups excluding tert-OH is 3. The monoisotopic (exact) mass is 1170 g/mol. The molecule has 1 spiro atoms. The first-order valence-electron chi connectivity index (χ1n) is 29.9.